The molecule has 0 radical (unpaired) electrons. The molecule has 0 unspecified atom stereocenters. The molecule has 0 saturated carbocycles. The molecule has 0 bridgehead atoms. The highest BCUT2D eigenvalue weighted by Crippen LogP contribution is 2.35. The summed E-state index contributed by atoms with van der Waals surface area (Å²) in [5.74, 6) is -0.208. The minimum Gasteiger partial charge on any atom is -0.341 e. The van der Waals surface area contributed by atoms with Gasteiger partial charge in [0.15, 0.2) is 0 Å². The minimum absolute atomic E-state index is 0.0279. The molecular weight excluding hydrogens is 228 g/mol. The maximum absolute atomic E-state index is 12.3. The Labute approximate surface area is 107 Å². The predicted octanol–water partition coefficient (Wildman–Crippen LogP) is 2.01. The lowest BCUT2D eigenvalue weighted by atomic mass is 10.1. The van der Waals surface area contributed by atoms with Crippen LogP contribution in [0.2, 0.25) is 0 Å². The van der Waals surface area contributed by atoms with Gasteiger partial charge in [-0.3, -0.25) is 9.59 Å². The molecule has 1 aromatic rings. The van der Waals surface area contributed by atoms with Crippen LogP contribution in [-0.2, 0) is 9.59 Å². The van der Waals surface area contributed by atoms with Crippen molar-refractivity contribution in [2.45, 2.75) is 32.7 Å². The first kappa shape index (κ1) is 12.6. The number of carbonyl (C=O) groups excluding carboxylic acids is 2. The average Bonchev–Trinajstić information content (AvgIpc) is 2.60. The fourth-order valence-electron chi connectivity index (χ4n) is 2.27. The maximum atomic E-state index is 12.3. The van der Waals surface area contributed by atoms with Gasteiger partial charge in [-0.15, -0.1) is 0 Å². The van der Waals surface area contributed by atoms with Gasteiger partial charge in [0, 0.05) is 24.7 Å². The molecule has 1 aliphatic rings. The highest BCUT2D eigenvalue weighted by atomic mass is 16.2. The Kier molecular flexibility index (Phi) is 3.65. The normalized spacial score (nSPS) is 17.8. The summed E-state index contributed by atoms with van der Waals surface area (Å²) in [6.07, 6.45) is 2.00. The highest BCUT2D eigenvalue weighted by Gasteiger charge is 2.36. The molecule has 18 heavy (non-hydrogen) atoms. The minimum atomic E-state index is -0.518. The van der Waals surface area contributed by atoms with Crippen LogP contribution in [0.25, 0.3) is 0 Å². The van der Waals surface area contributed by atoms with Gasteiger partial charge in [0.2, 0.25) is 5.91 Å². The molecule has 0 aromatic heterocycles. The summed E-state index contributed by atoms with van der Waals surface area (Å²) in [6.45, 7) is 4.24. The summed E-state index contributed by atoms with van der Waals surface area (Å²) in [7, 11) is 0. The number of amides is 2. The number of nitrogens with zero attached hydrogens (tertiary/aromatic N) is 1. The zero-order valence-corrected chi connectivity index (χ0v) is 10.8. The molecule has 1 aliphatic heterocycles. The average molecular weight is 246 g/mol. The Morgan fingerprint density at radius 3 is 2.78 bits per heavy atom. The Morgan fingerprint density at radius 2 is 2.11 bits per heavy atom. The van der Waals surface area contributed by atoms with E-state index in [2.05, 4.69) is 12.2 Å². The predicted molar refractivity (Wildman–Crippen MR) is 70.3 cm³/mol. The van der Waals surface area contributed by atoms with E-state index in [1.54, 1.807) is 4.90 Å². The number of hydrogen-bond acceptors (Lipinski definition) is 2. The van der Waals surface area contributed by atoms with Gasteiger partial charge in [-0.2, -0.15) is 0 Å². The van der Waals surface area contributed by atoms with Crippen molar-refractivity contribution in [2.75, 3.05) is 11.4 Å². The first-order valence-electron chi connectivity index (χ1n) is 6.32. The third-order valence-electron chi connectivity index (χ3n) is 3.13. The van der Waals surface area contributed by atoms with E-state index >= 15 is 0 Å². The summed E-state index contributed by atoms with van der Waals surface area (Å²) in [6, 6.07) is 7.13. The van der Waals surface area contributed by atoms with Crippen LogP contribution in [0.5, 0.6) is 0 Å². The zero-order valence-electron chi connectivity index (χ0n) is 10.8. The van der Waals surface area contributed by atoms with E-state index in [-0.39, 0.29) is 11.8 Å². The number of carbonyl (C=O) groups is 2. The number of fused-ring (bicyclic) bond motifs is 1. The first-order valence-corrected chi connectivity index (χ1v) is 6.32. The highest BCUT2D eigenvalue weighted by molar-refractivity contribution is 6.06. The fourth-order valence-corrected chi connectivity index (χ4v) is 2.27. The van der Waals surface area contributed by atoms with Gasteiger partial charge in [0.1, 0.15) is 6.04 Å². The summed E-state index contributed by atoms with van der Waals surface area (Å²) in [4.78, 5) is 25.3. The Morgan fingerprint density at radius 1 is 1.39 bits per heavy atom. The topological polar surface area (TPSA) is 49.4 Å². The summed E-state index contributed by atoms with van der Waals surface area (Å²) in [5, 5.41) is 2.72. The second-order valence-electron chi connectivity index (χ2n) is 4.54. The third kappa shape index (κ3) is 2.23. The van der Waals surface area contributed by atoms with Gasteiger partial charge in [-0.05, 0) is 12.5 Å². The van der Waals surface area contributed by atoms with Crippen molar-refractivity contribution in [1.29, 1.82) is 0 Å². The van der Waals surface area contributed by atoms with Gasteiger partial charge < -0.3 is 10.2 Å². The monoisotopic (exact) mass is 246 g/mol. The molecule has 4 nitrogen and oxygen atoms in total. The molecule has 0 saturated heterocycles. The zero-order chi connectivity index (χ0) is 13.1. The van der Waals surface area contributed by atoms with E-state index in [0.29, 0.717) is 6.54 Å². The van der Waals surface area contributed by atoms with Gasteiger partial charge in [-0.1, -0.05) is 31.5 Å². The van der Waals surface area contributed by atoms with Crippen molar-refractivity contribution in [3.05, 3.63) is 29.8 Å². The molecular formula is C14H18N2O2. The molecule has 96 valence electrons. The van der Waals surface area contributed by atoms with Crippen molar-refractivity contribution in [1.82, 2.24) is 5.32 Å². The molecule has 2 rings (SSSR count). The lowest BCUT2D eigenvalue weighted by Gasteiger charge is -2.17. The number of anilines is 1. The number of para-hydroxylation sites is 1. The smallest absolute Gasteiger partial charge is 0.254 e. The van der Waals surface area contributed by atoms with E-state index in [0.717, 1.165) is 24.1 Å². The van der Waals surface area contributed by atoms with Crippen molar-refractivity contribution in [3.8, 4) is 0 Å². The SMILES string of the molecule is CCCCN1C(=O)[C@H](NC(C)=O)c2ccccc21. The Balaban J connectivity index is 2.30. The molecule has 0 spiro atoms. The van der Waals surface area contributed by atoms with Crippen LogP contribution in [0.1, 0.15) is 38.3 Å². The van der Waals surface area contributed by atoms with E-state index in [1.165, 1.54) is 6.92 Å². The molecule has 4 heteroatoms. The molecule has 1 N–H and O–H groups in total. The van der Waals surface area contributed by atoms with Crippen LogP contribution < -0.4 is 10.2 Å². The van der Waals surface area contributed by atoms with Crippen molar-refractivity contribution >= 4 is 17.5 Å². The van der Waals surface area contributed by atoms with Crippen LogP contribution in [0.15, 0.2) is 24.3 Å². The second-order valence-corrected chi connectivity index (χ2v) is 4.54. The van der Waals surface area contributed by atoms with Gasteiger partial charge in [0.05, 0.1) is 0 Å². The van der Waals surface area contributed by atoms with Crippen LogP contribution in [0, 0.1) is 0 Å². The standard InChI is InChI=1S/C14H18N2O2/c1-3-4-9-16-12-8-6-5-7-11(12)13(14(16)18)15-10(2)17/h5-8,13H,3-4,9H2,1-2H3,(H,15,17)/t13-/m1/s1. The van der Waals surface area contributed by atoms with Crippen LogP contribution in [0.3, 0.4) is 0 Å². The van der Waals surface area contributed by atoms with Gasteiger partial charge in [0.25, 0.3) is 5.91 Å². The van der Waals surface area contributed by atoms with Gasteiger partial charge in [-0.25, -0.2) is 0 Å². The lowest BCUT2D eigenvalue weighted by Crippen LogP contribution is -2.37. The number of hydrogen-bond donors (Lipinski definition) is 1. The lowest BCUT2D eigenvalue weighted by molar-refractivity contribution is -0.126. The molecule has 1 atom stereocenters. The molecule has 2 amide bonds. The third-order valence-corrected chi connectivity index (χ3v) is 3.13. The Hall–Kier alpha value is -1.84. The largest absolute Gasteiger partial charge is 0.341 e. The Bertz CT molecular complexity index is 471. The van der Waals surface area contributed by atoms with Crippen molar-refractivity contribution < 1.29 is 9.59 Å². The van der Waals surface area contributed by atoms with Crippen LogP contribution in [-0.4, -0.2) is 18.4 Å². The molecule has 1 aromatic carbocycles. The maximum Gasteiger partial charge on any atom is 0.254 e. The molecule has 0 fully saturated rings. The van der Waals surface area contributed by atoms with E-state index in [1.807, 2.05) is 24.3 Å². The second kappa shape index (κ2) is 5.21. The van der Waals surface area contributed by atoms with Gasteiger partial charge >= 0.3 is 0 Å². The number of unbranched alkanes of at least 4 members (excludes halogenated alkanes) is 1. The van der Waals surface area contributed by atoms with Crippen molar-refractivity contribution in [3.63, 3.8) is 0 Å². The number of nitrogens with one attached hydrogen (secondary N) is 1. The molecule has 1 heterocycles. The van der Waals surface area contributed by atoms with E-state index in [9.17, 15) is 9.59 Å². The van der Waals surface area contributed by atoms with Crippen LogP contribution >= 0.6 is 0 Å². The fraction of sp³-hybridized carbons (Fsp3) is 0.429. The summed E-state index contributed by atoms with van der Waals surface area (Å²) in [5.41, 5.74) is 1.82. The molecule has 0 aliphatic carbocycles. The summed E-state index contributed by atoms with van der Waals surface area (Å²) < 4.78 is 0. The van der Waals surface area contributed by atoms with Crippen LogP contribution in [0.4, 0.5) is 5.69 Å². The van der Waals surface area contributed by atoms with E-state index in [4.69, 9.17) is 0 Å². The van der Waals surface area contributed by atoms with E-state index < -0.39 is 6.04 Å². The van der Waals surface area contributed by atoms with Crippen molar-refractivity contribution in [2.24, 2.45) is 0 Å². The number of benzene rings is 1. The summed E-state index contributed by atoms with van der Waals surface area (Å²) >= 11 is 0. The first-order chi connectivity index (χ1) is 8.65. The quantitative estimate of drug-likeness (QED) is 0.883. The number of rotatable bonds is 4.